The molecular weight excluding hydrogens is 183 g/mol. The molecule has 1 aromatic heterocycles. The number of halogens is 2. The second-order valence-electron chi connectivity index (χ2n) is 2.17. The highest BCUT2D eigenvalue weighted by molar-refractivity contribution is 6.30. The molecule has 0 aliphatic carbocycles. The molecule has 0 N–H and O–H groups in total. The maximum absolute atomic E-state index is 5.80. The molecule has 0 fully saturated rings. The third kappa shape index (κ3) is 2.31. The minimum Gasteiger partial charge on any atom is -0.241 e. The topological polar surface area (TPSA) is 25.8 Å². The number of hydrogen-bond donors (Lipinski definition) is 0. The lowest BCUT2D eigenvalue weighted by atomic mass is 10.3. The van der Waals surface area contributed by atoms with Crippen LogP contribution < -0.4 is 0 Å². The van der Waals surface area contributed by atoms with Gasteiger partial charge in [0.15, 0.2) is 0 Å². The van der Waals surface area contributed by atoms with Crippen LogP contribution in [0.1, 0.15) is 11.4 Å². The Morgan fingerprint density at radius 3 is 2.82 bits per heavy atom. The van der Waals surface area contributed by atoms with E-state index in [2.05, 4.69) is 9.97 Å². The van der Waals surface area contributed by atoms with E-state index in [4.69, 9.17) is 23.2 Å². The van der Waals surface area contributed by atoms with E-state index in [-0.39, 0.29) is 0 Å². The van der Waals surface area contributed by atoms with E-state index in [1.165, 1.54) is 0 Å². The fourth-order valence-electron chi connectivity index (χ4n) is 0.737. The summed E-state index contributed by atoms with van der Waals surface area (Å²) in [5, 5.41) is 0.512. The minimum atomic E-state index is 0.512. The molecule has 0 aliphatic heterocycles. The summed E-state index contributed by atoms with van der Waals surface area (Å²) in [7, 11) is 0. The molecule has 0 saturated carbocycles. The molecule has 0 unspecified atom stereocenters. The highest BCUT2D eigenvalue weighted by Crippen LogP contribution is 2.12. The highest BCUT2D eigenvalue weighted by atomic mass is 35.5. The Hall–Kier alpha value is -0.340. The molecule has 0 atom stereocenters. The first-order valence-electron chi connectivity index (χ1n) is 3.28. The molecule has 0 aliphatic rings. The van der Waals surface area contributed by atoms with Gasteiger partial charge in [-0.1, -0.05) is 11.6 Å². The maximum atomic E-state index is 5.80. The Labute approximate surface area is 75.6 Å². The fourth-order valence-corrected chi connectivity index (χ4v) is 1.21. The van der Waals surface area contributed by atoms with Gasteiger partial charge in [-0.15, -0.1) is 11.6 Å². The van der Waals surface area contributed by atoms with Crippen LogP contribution in [0.2, 0.25) is 5.15 Å². The normalized spacial score (nSPS) is 10.1. The summed E-state index contributed by atoms with van der Waals surface area (Å²) < 4.78 is 0. The smallest absolute Gasteiger partial charge is 0.135 e. The molecule has 1 rings (SSSR count). The molecule has 4 heteroatoms. The second-order valence-corrected chi connectivity index (χ2v) is 2.91. The molecule has 0 aromatic carbocycles. The van der Waals surface area contributed by atoms with Crippen molar-refractivity contribution in [2.75, 3.05) is 5.88 Å². The van der Waals surface area contributed by atoms with Crippen LogP contribution in [0.4, 0.5) is 0 Å². The number of aryl methyl sites for hydroxylation is 2. The average Bonchev–Trinajstić information content (AvgIpc) is 1.95. The summed E-state index contributed by atoms with van der Waals surface area (Å²) in [4.78, 5) is 7.99. The summed E-state index contributed by atoms with van der Waals surface area (Å²) in [6.45, 7) is 1.80. The molecule has 60 valence electrons. The Morgan fingerprint density at radius 1 is 1.55 bits per heavy atom. The lowest BCUT2D eigenvalue weighted by Crippen LogP contribution is -1.94. The third-order valence-electron chi connectivity index (χ3n) is 1.30. The van der Waals surface area contributed by atoms with Gasteiger partial charge in [0.05, 0.1) is 0 Å². The van der Waals surface area contributed by atoms with Crippen LogP contribution in [-0.2, 0) is 6.42 Å². The Balaban J connectivity index is 2.90. The van der Waals surface area contributed by atoms with E-state index >= 15 is 0 Å². The van der Waals surface area contributed by atoms with E-state index in [0.29, 0.717) is 16.9 Å². The molecule has 0 bridgehead atoms. The zero-order valence-corrected chi connectivity index (χ0v) is 7.65. The molecule has 0 amide bonds. The van der Waals surface area contributed by atoms with Crippen molar-refractivity contribution in [3.63, 3.8) is 0 Å². The van der Waals surface area contributed by atoms with Crippen molar-refractivity contribution in [1.29, 1.82) is 0 Å². The van der Waals surface area contributed by atoms with Crippen LogP contribution in [0.15, 0.2) is 6.20 Å². The zero-order chi connectivity index (χ0) is 8.27. The minimum absolute atomic E-state index is 0.512. The van der Waals surface area contributed by atoms with Crippen LogP contribution in [0.5, 0.6) is 0 Å². The summed E-state index contributed by atoms with van der Waals surface area (Å²) in [5.74, 6) is 1.24. The van der Waals surface area contributed by atoms with E-state index in [0.717, 1.165) is 12.0 Å². The number of hydrogen-bond acceptors (Lipinski definition) is 2. The molecule has 0 radical (unpaired) electrons. The van der Waals surface area contributed by atoms with Gasteiger partial charge in [-0.05, 0) is 13.3 Å². The van der Waals surface area contributed by atoms with Crippen LogP contribution in [0.25, 0.3) is 0 Å². The van der Waals surface area contributed by atoms with Crippen molar-refractivity contribution in [3.05, 3.63) is 22.7 Å². The molecule has 0 spiro atoms. The fraction of sp³-hybridized carbons (Fsp3) is 0.429. The first-order valence-corrected chi connectivity index (χ1v) is 4.19. The van der Waals surface area contributed by atoms with Crippen molar-refractivity contribution in [3.8, 4) is 0 Å². The van der Waals surface area contributed by atoms with Crippen LogP contribution in [0.3, 0.4) is 0 Å². The standard InChI is InChI=1S/C7H8Cl2N2/c1-5-10-4-6(2-3-8)7(9)11-5/h4H,2-3H2,1H3. The lowest BCUT2D eigenvalue weighted by molar-refractivity contribution is 0.992. The van der Waals surface area contributed by atoms with E-state index in [1.54, 1.807) is 13.1 Å². The van der Waals surface area contributed by atoms with Crippen molar-refractivity contribution >= 4 is 23.2 Å². The number of nitrogens with zero attached hydrogens (tertiary/aromatic N) is 2. The summed E-state index contributed by atoms with van der Waals surface area (Å²) in [6, 6.07) is 0. The van der Waals surface area contributed by atoms with Gasteiger partial charge in [0.2, 0.25) is 0 Å². The van der Waals surface area contributed by atoms with Gasteiger partial charge in [-0.25, -0.2) is 9.97 Å². The Kier molecular flexibility index (Phi) is 3.09. The summed E-state index contributed by atoms with van der Waals surface area (Å²) in [5.41, 5.74) is 0.910. The lowest BCUT2D eigenvalue weighted by Gasteiger charge is -1.99. The Bertz CT molecular complexity index is 250. The summed E-state index contributed by atoms with van der Waals surface area (Å²) >= 11 is 11.3. The van der Waals surface area contributed by atoms with E-state index < -0.39 is 0 Å². The van der Waals surface area contributed by atoms with Gasteiger partial charge in [-0.3, -0.25) is 0 Å². The second kappa shape index (κ2) is 3.88. The van der Waals surface area contributed by atoms with Crippen molar-refractivity contribution in [2.45, 2.75) is 13.3 Å². The predicted molar refractivity (Wildman–Crippen MR) is 46.2 cm³/mol. The van der Waals surface area contributed by atoms with Crippen LogP contribution in [-0.4, -0.2) is 15.8 Å². The predicted octanol–water partition coefficient (Wildman–Crippen LogP) is 2.22. The van der Waals surface area contributed by atoms with Crippen LogP contribution in [0, 0.1) is 6.92 Å². The number of rotatable bonds is 2. The quantitative estimate of drug-likeness (QED) is 0.529. The molecular formula is C7H8Cl2N2. The largest absolute Gasteiger partial charge is 0.241 e. The Morgan fingerprint density at radius 2 is 2.27 bits per heavy atom. The third-order valence-corrected chi connectivity index (χ3v) is 1.81. The number of aromatic nitrogens is 2. The SMILES string of the molecule is Cc1ncc(CCCl)c(Cl)n1. The van der Waals surface area contributed by atoms with Gasteiger partial charge < -0.3 is 0 Å². The number of alkyl halides is 1. The maximum Gasteiger partial charge on any atom is 0.135 e. The summed E-state index contributed by atoms with van der Waals surface area (Å²) in [6.07, 6.45) is 2.44. The molecule has 11 heavy (non-hydrogen) atoms. The van der Waals surface area contributed by atoms with Crippen LogP contribution >= 0.6 is 23.2 Å². The molecule has 1 aromatic rings. The van der Waals surface area contributed by atoms with Gasteiger partial charge in [0, 0.05) is 17.6 Å². The van der Waals surface area contributed by atoms with Crippen molar-refractivity contribution in [2.24, 2.45) is 0 Å². The van der Waals surface area contributed by atoms with Gasteiger partial charge in [0.1, 0.15) is 11.0 Å². The monoisotopic (exact) mass is 190 g/mol. The van der Waals surface area contributed by atoms with Gasteiger partial charge in [-0.2, -0.15) is 0 Å². The first-order chi connectivity index (χ1) is 5.24. The van der Waals surface area contributed by atoms with Crippen molar-refractivity contribution < 1.29 is 0 Å². The average molecular weight is 191 g/mol. The zero-order valence-electron chi connectivity index (χ0n) is 6.14. The molecule has 2 nitrogen and oxygen atoms in total. The van der Waals surface area contributed by atoms with Gasteiger partial charge >= 0.3 is 0 Å². The van der Waals surface area contributed by atoms with E-state index in [1.807, 2.05) is 0 Å². The van der Waals surface area contributed by atoms with Crippen molar-refractivity contribution in [1.82, 2.24) is 9.97 Å². The van der Waals surface area contributed by atoms with E-state index in [9.17, 15) is 0 Å². The molecule has 0 saturated heterocycles. The van der Waals surface area contributed by atoms with Gasteiger partial charge in [0.25, 0.3) is 0 Å². The highest BCUT2D eigenvalue weighted by Gasteiger charge is 2.00. The first kappa shape index (κ1) is 8.75. The molecule has 1 heterocycles.